The van der Waals surface area contributed by atoms with E-state index in [9.17, 15) is 0 Å². The molecule has 1 saturated heterocycles. The maximum absolute atomic E-state index is 3.57. The van der Waals surface area contributed by atoms with Crippen molar-refractivity contribution in [3.63, 3.8) is 0 Å². The summed E-state index contributed by atoms with van der Waals surface area (Å²) in [5.74, 6) is 0. The smallest absolute Gasteiger partial charge is 0.0340 e. The van der Waals surface area contributed by atoms with Crippen molar-refractivity contribution in [2.24, 2.45) is 0 Å². The Labute approximate surface area is 111 Å². The molecule has 2 N–H and O–H groups in total. The zero-order chi connectivity index (χ0) is 12.8. The quantitative estimate of drug-likeness (QED) is 0.833. The van der Waals surface area contributed by atoms with E-state index in [0.717, 1.165) is 26.1 Å². The van der Waals surface area contributed by atoms with Gasteiger partial charge in [0.2, 0.25) is 0 Å². The average molecular weight is 247 g/mol. The molecule has 1 aliphatic rings. The summed E-state index contributed by atoms with van der Waals surface area (Å²) < 4.78 is 0. The lowest BCUT2D eigenvalue weighted by molar-refractivity contribution is 0.234. The second-order valence-corrected chi connectivity index (χ2v) is 5.18. The van der Waals surface area contributed by atoms with Crippen LogP contribution in [0.25, 0.3) is 0 Å². The maximum Gasteiger partial charge on any atom is 0.0340 e. The van der Waals surface area contributed by atoms with Gasteiger partial charge in [0.15, 0.2) is 0 Å². The fourth-order valence-corrected chi connectivity index (χ4v) is 2.43. The highest BCUT2D eigenvalue weighted by molar-refractivity contribution is 5.44. The molecule has 0 radical (unpaired) electrons. The molecule has 0 bridgehead atoms. The molecule has 0 spiro atoms. The van der Waals surface area contributed by atoms with Crippen LogP contribution in [0.5, 0.6) is 0 Å². The molecular formula is C15H25N3. The number of rotatable bonds is 5. The number of benzene rings is 1. The van der Waals surface area contributed by atoms with E-state index >= 15 is 0 Å². The van der Waals surface area contributed by atoms with Crippen LogP contribution in [-0.4, -0.2) is 44.2 Å². The summed E-state index contributed by atoms with van der Waals surface area (Å²) >= 11 is 0. The highest BCUT2D eigenvalue weighted by atomic mass is 15.2. The number of nitrogens with one attached hydrogen (secondary N) is 2. The van der Waals surface area contributed by atoms with E-state index in [1.807, 2.05) is 0 Å². The van der Waals surface area contributed by atoms with Gasteiger partial charge in [-0.15, -0.1) is 0 Å². The van der Waals surface area contributed by atoms with Gasteiger partial charge in [-0.05, 0) is 37.6 Å². The van der Waals surface area contributed by atoms with Crippen LogP contribution in [0.4, 0.5) is 5.69 Å². The SMILES string of the molecule is CCc1ccc(NCCC2CN(C)CCN2)cc1. The van der Waals surface area contributed by atoms with Gasteiger partial charge in [0.25, 0.3) is 0 Å². The zero-order valence-corrected chi connectivity index (χ0v) is 11.6. The normalized spacial score (nSPS) is 20.9. The van der Waals surface area contributed by atoms with Crippen molar-refractivity contribution < 1.29 is 0 Å². The highest BCUT2D eigenvalue weighted by Gasteiger charge is 2.15. The van der Waals surface area contributed by atoms with Crippen LogP contribution in [0, 0.1) is 0 Å². The molecule has 1 aromatic carbocycles. The predicted molar refractivity (Wildman–Crippen MR) is 78.2 cm³/mol. The van der Waals surface area contributed by atoms with Gasteiger partial charge < -0.3 is 15.5 Å². The minimum absolute atomic E-state index is 0.631. The van der Waals surface area contributed by atoms with Crippen molar-refractivity contribution in [2.45, 2.75) is 25.8 Å². The lowest BCUT2D eigenvalue weighted by atomic mass is 10.1. The molecule has 0 aliphatic carbocycles. The fourth-order valence-electron chi connectivity index (χ4n) is 2.43. The molecule has 3 nitrogen and oxygen atoms in total. The molecule has 1 aliphatic heterocycles. The van der Waals surface area contributed by atoms with Crippen molar-refractivity contribution in [3.05, 3.63) is 29.8 Å². The van der Waals surface area contributed by atoms with E-state index in [0.29, 0.717) is 6.04 Å². The van der Waals surface area contributed by atoms with Crippen molar-refractivity contribution in [1.82, 2.24) is 10.2 Å². The Hall–Kier alpha value is -1.06. The highest BCUT2D eigenvalue weighted by Crippen LogP contribution is 2.10. The number of aryl methyl sites for hydroxylation is 1. The first-order chi connectivity index (χ1) is 8.78. The first kappa shape index (κ1) is 13.4. The zero-order valence-electron chi connectivity index (χ0n) is 11.6. The Morgan fingerprint density at radius 3 is 2.78 bits per heavy atom. The van der Waals surface area contributed by atoms with Crippen molar-refractivity contribution >= 4 is 5.69 Å². The van der Waals surface area contributed by atoms with Crippen molar-refractivity contribution in [3.8, 4) is 0 Å². The number of nitrogens with zero attached hydrogens (tertiary/aromatic N) is 1. The molecular weight excluding hydrogens is 222 g/mol. The van der Waals surface area contributed by atoms with Crippen molar-refractivity contribution in [2.75, 3.05) is 38.5 Å². The van der Waals surface area contributed by atoms with E-state index in [2.05, 4.69) is 53.8 Å². The Kier molecular flexibility index (Phi) is 5.02. The minimum atomic E-state index is 0.631. The average Bonchev–Trinajstić information content (AvgIpc) is 2.40. The number of piperazine rings is 1. The van der Waals surface area contributed by atoms with Crippen LogP contribution in [-0.2, 0) is 6.42 Å². The van der Waals surface area contributed by atoms with Crippen LogP contribution >= 0.6 is 0 Å². The standard InChI is InChI=1S/C15H25N3/c1-3-13-4-6-14(7-5-13)16-9-8-15-12-18(2)11-10-17-15/h4-7,15-17H,3,8-12H2,1-2H3. The Morgan fingerprint density at radius 1 is 1.33 bits per heavy atom. The lowest BCUT2D eigenvalue weighted by Crippen LogP contribution is -2.49. The molecule has 100 valence electrons. The third-order valence-electron chi connectivity index (χ3n) is 3.64. The summed E-state index contributed by atoms with van der Waals surface area (Å²) in [6.07, 6.45) is 2.29. The first-order valence-corrected chi connectivity index (χ1v) is 7.02. The third-order valence-corrected chi connectivity index (χ3v) is 3.64. The molecule has 0 aromatic heterocycles. The van der Waals surface area contributed by atoms with Gasteiger partial charge >= 0.3 is 0 Å². The predicted octanol–water partition coefficient (Wildman–Crippen LogP) is 1.95. The molecule has 3 heteroatoms. The third kappa shape index (κ3) is 4.00. The largest absolute Gasteiger partial charge is 0.385 e. The molecule has 18 heavy (non-hydrogen) atoms. The fraction of sp³-hybridized carbons (Fsp3) is 0.600. The van der Waals surface area contributed by atoms with Crippen LogP contribution < -0.4 is 10.6 Å². The van der Waals surface area contributed by atoms with Crippen LogP contribution in [0.1, 0.15) is 18.9 Å². The Morgan fingerprint density at radius 2 is 2.11 bits per heavy atom. The van der Waals surface area contributed by atoms with Gasteiger partial charge in [0, 0.05) is 37.9 Å². The van der Waals surface area contributed by atoms with Gasteiger partial charge in [-0.25, -0.2) is 0 Å². The number of hydrogen-bond donors (Lipinski definition) is 2. The van der Waals surface area contributed by atoms with Gasteiger partial charge in [0.1, 0.15) is 0 Å². The Balaban J connectivity index is 1.70. The second kappa shape index (κ2) is 6.76. The molecule has 1 fully saturated rings. The molecule has 1 heterocycles. The second-order valence-electron chi connectivity index (χ2n) is 5.18. The topological polar surface area (TPSA) is 27.3 Å². The maximum atomic E-state index is 3.57. The molecule has 1 atom stereocenters. The van der Waals surface area contributed by atoms with Crippen LogP contribution in [0.3, 0.4) is 0 Å². The molecule has 2 rings (SSSR count). The van der Waals surface area contributed by atoms with E-state index < -0.39 is 0 Å². The van der Waals surface area contributed by atoms with E-state index in [-0.39, 0.29) is 0 Å². The number of hydrogen-bond acceptors (Lipinski definition) is 3. The lowest BCUT2D eigenvalue weighted by Gasteiger charge is -2.31. The summed E-state index contributed by atoms with van der Waals surface area (Å²) in [5, 5.41) is 7.07. The summed E-state index contributed by atoms with van der Waals surface area (Å²) in [4.78, 5) is 2.40. The van der Waals surface area contributed by atoms with Gasteiger partial charge in [-0.1, -0.05) is 19.1 Å². The summed E-state index contributed by atoms with van der Waals surface area (Å²) in [5.41, 5.74) is 2.63. The minimum Gasteiger partial charge on any atom is -0.385 e. The molecule has 1 aromatic rings. The van der Waals surface area contributed by atoms with Gasteiger partial charge in [0.05, 0.1) is 0 Å². The number of likely N-dealkylation sites (N-methyl/N-ethyl adjacent to an activating group) is 1. The van der Waals surface area contributed by atoms with Gasteiger partial charge in [-0.2, -0.15) is 0 Å². The molecule has 0 saturated carbocycles. The van der Waals surface area contributed by atoms with Crippen molar-refractivity contribution in [1.29, 1.82) is 0 Å². The Bertz CT molecular complexity index is 347. The summed E-state index contributed by atoms with van der Waals surface area (Å²) in [6.45, 7) is 6.68. The van der Waals surface area contributed by atoms with E-state index in [1.54, 1.807) is 0 Å². The monoisotopic (exact) mass is 247 g/mol. The first-order valence-electron chi connectivity index (χ1n) is 7.02. The molecule has 1 unspecified atom stereocenters. The van der Waals surface area contributed by atoms with Crippen LogP contribution in [0.2, 0.25) is 0 Å². The van der Waals surface area contributed by atoms with E-state index in [4.69, 9.17) is 0 Å². The summed E-state index contributed by atoms with van der Waals surface area (Å²) in [6, 6.07) is 9.40. The molecule has 0 amide bonds. The summed E-state index contributed by atoms with van der Waals surface area (Å²) in [7, 11) is 2.20. The van der Waals surface area contributed by atoms with E-state index in [1.165, 1.54) is 24.2 Å². The van der Waals surface area contributed by atoms with Gasteiger partial charge in [-0.3, -0.25) is 0 Å². The van der Waals surface area contributed by atoms with Crippen LogP contribution in [0.15, 0.2) is 24.3 Å². The number of anilines is 1.